The summed E-state index contributed by atoms with van der Waals surface area (Å²) in [6.45, 7) is 8.64. The zero-order valence-corrected chi connectivity index (χ0v) is 18.6. The van der Waals surface area contributed by atoms with Crippen LogP contribution in [0.3, 0.4) is 0 Å². The van der Waals surface area contributed by atoms with Crippen LogP contribution in [0.25, 0.3) is 16.9 Å². The van der Waals surface area contributed by atoms with Gasteiger partial charge < -0.3 is 4.57 Å². The van der Waals surface area contributed by atoms with Crippen LogP contribution in [-0.4, -0.2) is 31.3 Å². The molecule has 0 saturated carbocycles. The molecule has 0 N–H and O–H groups in total. The molecule has 156 valence electrons. The molecule has 0 atom stereocenters. The van der Waals surface area contributed by atoms with Crippen molar-refractivity contribution >= 4 is 11.3 Å². The quantitative estimate of drug-likeness (QED) is 0.410. The van der Waals surface area contributed by atoms with Gasteiger partial charge in [-0.05, 0) is 46.0 Å². The molecule has 3 heterocycles. The van der Waals surface area contributed by atoms with Gasteiger partial charge in [0.15, 0.2) is 0 Å². The number of aryl methyl sites for hydroxylation is 3. The van der Waals surface area contributed by atoms with Gasteiger partial charge in [-0.25, -0.2) is 14.1 Å². The van der Waals surface area contributed by atoms with E-state index in [2.05, 4.69) is 48.3 Å². The number of benzene rings is 1. The molecule has 1 aromatic carbocycles. The Labute approximate surface area is 180 Å². The standard InChI is InChI=1S/C23H26FN5S/c1-5-28-11-10-25-22(28)15-27(4)13-18-14-29(21-9-7-6-8-20(21)24)26-23(18)19-12-16(2)30-17(19)3/h6-12,14H,5,13,15H2,1-4H3. The Hall–Kier alpha value is -2.77. The molecule has 4 aromatic rings. The minimum atomic E-state index is -0.283. The Morgan fingerprint density at radius 2 is 1.97 bits per heavy atom. The second-order valence-electron chi connectivity index (χ2n) is 7.53. The average molecular weight is 424 g/mol. The van der Waals surface area contributed by atoms with Crippen molar-refractivity contribution in [3.05, 3.63) is 75.9 Å². The van der Waals surface area contributed by atoms with E-state index in [9.17, 15) is 4.39 Å². The summed E-state index contributed by atoms with van der Waals surface area (Å²) in [6.07, 6.45) is 5.79. The van der Waals surface area contributed by atoms with Crippen LogP contribution in [0.1, 0.15) is 28.1 Å². The van der Waals surface area contributed by atoms with Gasteiger partial charge in [0.1, 0.15) is 17.3 Å². The second kappa shape index (κ2) is 8.53. The highest BCUT2D eigenvalue weighted by Crippen LogP contribution is 2.33. The molecule has 30 heavy (non-hydrogen) atoms. The third kappa shape index (κ3) is 4.08. The number of halogens is 1. The van der Waals surface area contributed by atoms with Crippen LogP contribution in [0.4, 0.5) is 4.39 Å². The monoisotopic (exact) mass is 423 g/mol. The number of hydrogen-bond donors (Lipinski definition) is 0. The average Bonchev–Trinajstić information content (AvgIpc) is 3.40. The van der Waals surface area contributed by atoms with E-state index in [4.69, 9.17) is 5.10 Å². The zero-order chi connectivity index (χ0) is 21.3. The van der Waals surface area contributed by atoms with E-state index in [0.717, 1.165) is 35.7 Å². The molecule has 0 radical (unpaired) electrons. The van der Waals surface area contributed by atoms with Gasteiger partial charge in [0.05, 0.1) is 12.2 Å². The van der Waals surface area contributed by atoms with Gasteiger partial charge in [-0.1, -0.05) is 12.1 Å². The Balaban J connectivity index is 1.70. The van der Waals surface area contributed by atoms with Crippen molar-refractivity contribution in [3.8, 4) is 16.9 Å². The van der Waals surface area contributed by atoms with Gasteiger partial charge in [0, 0.05) is 52.6 Å². The molecular formula is C23H26FN5S. The highest BCUT2D eigenvalue weighted by molar-refractivity contribution is 7.12. The van der Waals surface area contributed by atoms with Gasteiger partial charge in [0.2, 0.25) is 0 Å². The van der Waals surface area contributed by atoms with E-state index in [1.165, 1.54) is 15.8 Å². The lowest BCUT2D eigenvalue weighted by atomic mass is 10.1. The van der Waals surface area contributed by atoms with Gasteiger partial charge in [0.25, 0.3) is 0 Å². The van der Waals surface area contributed by atoms with Crippen LogP contribution < -0.4 is 0 Å². The highest BCUT2D eigenvalue weighted by atomic mass is 32.1. The first-order valence-electron chi connectivity index (χ1n) is 10.1. The fourth-order valence-electron chi connectivity index (χ4n) is 3.75. The smallest absolute Gasteiger partial charge is 0.148 e. The molecule has 0 fully saturated rings. The van der Waals surface area contributed by atoms with E-state index in [1.54, 1.807) is 28.2 Å². The van der Waals surface area contributed by atoms with Gasteiger partial charge in [-0.3, -0.25) is 4.90 Å². The van der Waals surface area contributed by atoms with Crippen molar-refractivity contribution in [2.24, 2.45) is 0 Å². The highest BCUT2D eigenvalue weighted by Gasteiger charge is 2.19. The number of para-hydroxylation sites is 1. The maximum absolute atomic E-state index is 14.4. The van der Waals surface area contributed by atoms with Crippen molar-refractivity contribution in [1.82, 2.24) is 24.2 Å². The van der Waals surface area contributed by atoms with Gasteiger partial charge in [-0.2, -0.15) is 5.10 Å². The summed E-state index contributed by atoms with van der Waals surface area (Å²) in [5, 5.41) is 4.81. The maximum Gasteiger partial charge on any atom is 0.148 e. The molecule has 0 unspecified atom stereocenters. The minimum absolute atomic E-state index is 0.283. The third-order valence-electron chi connectivity index (χ3n) is 5.18. The van der Waals surface area contributed by atoms with E-state index < -0.39 is 0 Å². The van der Waals surface area contributed by atoms with E-state index >= 15 is 0 Å². The molecular weight excluding hydrogens is 397 g/mol. The zero-order valence-electron chi connectivity index (χ0n) is 17.8. The molecule has 0 aliphatic rings. The molecule has 0 saturated heterocycles. The Bertz CT molecular complexity index is 1160. The van der Waals surface area contributed by atoms with Crippen molar-refractivity contribution in [2.45, 2.75) is 40.4 Å². The van der Waals surface area contributed by atoms with Crippen molar-refractivity contribution < 1.29 is 4.39 Å². The molecule has 3 aromatic heterocycles. The SMILES string of the molecule is CCn1ccnc1CN(C)Cc1cn(-c2ccccc2F)nc1-c1cc(C)sc1C. The summed E-state index contributed by atoms with van der Waals surface area (Å²) < 4.78 is 18.2. The molecule has 0 aliphatic heterocycles. The van der Waals surface area contributed by atoms with Crippen LogP contribution in [0, 0.1) is 19.7 Å². The third-order valence-corrected chi connectivity index (χ3v) is 6.15. The van der Waals surface area contributed by atoms with E-state index in [1.807, 2.05) is 24.7 Å². The fourth-order valence-corrected chi connectivity index (χ4v) is 4.67. The summed E-state index contributed by atoms with van der Waals surface area (Å²) >= 11 is 1.76. The Kier molecular flexibility index (Phi) is 5.83. The van der Waals surface area contributed by atoms with Crippen LogP contribution >= 0.6 is 11.3 Å². The first-order valence-corrected chi connectivity index (χ1v) is 10.9. The van der Waals surface area contributed by atoms with Gasteiger partial charge >= 0.3 is 0 Å². The molecule has 0 bridgehead atoms. The van der Waals surface area contributed by atoms with Crippen LogP contribution in [0.5, 0.6) is 0 Å². The first-order chi connectivity index (χ1) is 14.5. The minimum Gasteiger partial charge on any atom is -0.334 e. The predicted octanol–water partition coefficient (Wildman–Crippen LogP) is 5.21. The molecule has 0 amide bonds. The molecule has 0 aliphatic carbocycles. The van der Waals surface area contributed by atoms with Crippen LogP contribution in [-0.2, 0) is 19.6 Å². The largest absolute Gasteiger partial charge is 0.334 e. The number of hydrogen-bond acceptors (Lipinski definition) is 4. The number of aromatic nitrogens is 4. The van der Waals surface area contributed by atoms with E-state index in [-0.39, 0.29) is 5.82 Å². The number of imidazole rings is 1. The summed E-state index contributed by atoms with van der Waals surface area (Å²) in [5.74, 6) is 0.750. The maximum atomic E-state index is 14.4. The summed E-state index contributed by atoms with van der Waals surface area (Å²) in [6, 6.07) is 8.91. The molecule has 0 spiro atoms. The predicted molar refractivity (Wildman–Crippen MR) is 119 cm³/mol. The van der Waals surface area contributed by atoms with Crippen LogP contribution in [0.2, 0.25) is 0 Å². The lowest BCUT2D eigenvalue weighted by molar-refractivity contribution is 0.306. The van der Waals surface area contributed by atoms with Crippen molar-refractivity contribution in [3.63, 3.8) is 0 Å². The first kappa shape index (κ1) is 20.5. The number of rotatable bonds is 7. The fraction of sp³-hybridized carbons (Fsp3) is 0.304. The Morgan fingerprint density at radius 1 is 1.17 bits per heavy atom. The van der Waals surface area contributed by atoms with Crippen LogP contribution in [0.15, 0.2) is 48.9 Å². The van der Waals surface area contributed by atoms with Crippen molar-refractivity contribution in [2.75, 3.05) is 7.05 Å². The van der Waals surface area contributed by atoms with Crippen molar-refractivity contribution in [1.29, 1.82) is 0 Å². The van der Waals surface area contributed by atoms with E-state index in [0.29, 0.717) is 12.2 Å². The number of nitrogens with zero attached hydrogens (tertiary/aromatic N) is 5. The Morgan fingerprint density at radius 3 is 2.67 bits per heavy atom. The summed E-state index contributed by atoms with van der Waals surface area (Å²) in [4.78, 5) is 9.16. The normalized spacial score (nSPS) is 11.5. The molecule has 5 nitrogen and oxygen atoms in total. The molecule has 4 rings (SSSR count). The summed E-state index contributed by atoms with van der Waals surface area (Å²) in [7, 11) is 2.07. The molecule has 7 heteroatoms. The lowest BCUT2D eigenvalue weighted by Gasteiger charge is -2.17. The topological polar surface area (TPSA) is 38.9 Å². The lowest BCUT2D eigenvalue weighted by Crippen LogP contribution is -2.20. The second-order valence-corrected chi connectivity index (χ2v) is 8.99. The van der Waals surface area contributed by atoms with Gasteiger partial charge in [-0.15, -0.1) is 11.3 Å². The summed E-state index contributed by atoms with van der Waals surface area (Å²) in [5.41, 5.74) is 3.55. The number of thiophene rings is 1.